The van der Waals surface area contributed by atoms with Crippen molar-refractivity contribution in [1.82, 2.24) is 0 Å². The van der Waals surface area contributed by atoms with Crippen molar-refractivity contribution in [2.24, 2.45) is 23.7 Å². The molecule has 3 nitrogen and oxygen atoms in total. The van der Waals surface area contributed by atoms with Gasteiger partial charge in [0.15, 0.2) is 6.29 Å². The Kier molecular flexibility index (Phi) is 3.84. The first-order valence-electron chi connectivity index (χ1n) is 9.11. The monoisotopic (exact) mass is 334 g/mol. The molecule has 0 spiro atoms. The highest BCUT2D eigenvalue weighted by Gasteiger charge is 2.46. The van der Waals surface area contributed by atoms with Crippen LogP contribution in [0.5, 0.6) is 11.5 Å². The number of hydrogen-bond acceptors (Lipinski definition) is 3. The van der Waals surface area contributed by atoms with E-state index in [1.54, 1.807) is 0 Å². The van der Waals surface area contributed by atoms with Gasteiger partial charge in [-0.25, -0.2) is 0 Å². The van der Waals surface area contributed by atoms with Gasteiger partial charge >= 0.3 is 0 Å². The summed E-state index contributed by atoms with van der Waals surface area (Å²) >= 11 is 0. The van der Waals surface area contributed by atoms with E-state index < -0.39 is 0 Å². The average molecular weight is 334 g/mol. The van der Waals surface area contributed by atoms with Gasteiger partial charge in [-0.3, -0.25) is 0 Å². The number of fused-ring (bicyclic) bond motifs is 5. The summed E-state index contributed by atoms with van der Waals surface area (Å²) < 4.78 is 18.2. The zero-order chi connectivity index (χ0) is 16.6. The van der Waals surface area contributed by atoms with Gasteiger partial charge in [-0.1, -0.05) is 42.5 Å². The molecule has 0 N–H and O–H groups in total. The molecule has 1 unspecified atom stereocenters. The molecule has 2 aromatic rings. The molecule has 0 amide bonds. The van der Waals surface area contributed by atoms with Crippen LogP contribution in [0.15, 0.2) is 66.7 Å². The minimum atomic E-state index is -0.302. The van der Waals surface area contributed by atoms with Crippen LogP contribution in [0.25, 0.3) is 0 Å². The Bertz CT molecular complexity index is 748. The van der Waals surface area contributed by atoms with Crippen molar-refractivity contribution in [2.45, 2.75) is 12.7 Å². The molecule has 25 heavy (non-hydrogen) atoms. The fourth-order valence-corrected chi connectivity index (χ4v) is 4.51. The Morgan fingerprint density at radius 3 is 2.16 bits per heavy atom. The van der Waals surface area contributed by atoms with Crippen LogP contribution in [0.4, 0.5) is 0 Å². The second kappa shape index (κ2) is 6.32. The van der Waals surface area contributed by atoms with Crippen molar-refractivity contribution >= 4 is 0 Å². The van der Waals surface area contributed by atoms with E-state index >= 15 is 0 Å². The zero-order valence-electron chi connectivity index (χ0n) is 14.1. The average Bonchev–Trinajstić information content (AvgIpc) is 3.17. The molecule has 1 heterocycles. The van der Waals surface area contributed by atoms with Gasteiger partial charge in [0.2, 0.25) is 0 Å². The van der Waals surface area contributed by atoms with Gasteiger partial charge in [-0.2, -0.15) is 0 Å². The van der Waals surface area contributed by atoms with Crippen molar-refractivity contribution in [1.29, 1.82) is 0 Å². The molecule has 5 rings (SSSR count). The summed E-state index contributed by atoms with van der Waals surface area (Å²) in [6.07, 6.45) is 5.74. The molecule has 3 heteroatoms. The molecule has 1 aliphatic heterocycles. The van der Waals surface area contributed by atoms with Crippen LogP contribution >= 0.6 is 0 Å². The molecule has 2 bridgehead atoms. The van der Waals surface area contributed by atoms with Crippen LogP contribution in [0, 0.1) is 23.7 Å². The van der Waals surface area contributed by atoms with Crippen LogP contribution in [-0.4, -0.2) is 13.2 Å². The highest BCUT2D eigenvalue weighted by atomic mass is 16.7. The molecule has 5 atom stereocenters. The molecular weight excluding hydrogens is 312 g/mol. The first kappa shape index (κ1) is 15.2. The largest absolute Gasteiger partial charge is 0.457 e. The van der Waals surface area contributed by atoms with Crippen LogP contribution in [-0.2, 0) is 9.47 Å². The maximum absolute atomic E-state index is 6.15. The lowest BCUT2D eigenvalue weighted by molar-refractivity contribution is -0.136. The van der Waals surface area contributed by atoms with Gasteiger partial charge in [0.25, 0.3) is 0 Å². The normalized spacial score (nSPS) is 33.0. The summed E-state index contributed by atoms with van der Waals surface area (Å²) in [4.78, 5) is 0. The second-order valence-electron chi connectivity index (χ2n) is 7.26. The SMILES string of the molecule is C1=C[C@H]2C[C@@H]1[C@H]1COC(c3cccc(Oc4ccccc4)c3)OC[C@H]12. The van der Waals surface area contributed by atoms with Gasteiger partial charge in [0, 0.05) is 5.56 Å². The lowest BCUT2D eigenvalue weighted by atomic mass is 9.84. The van der Waals surface area contributed by atoms with E-state index in [1.165, 1.54) is 6.42 Å². The first-order valence-corrected chi connectivity index (χ1v) is 9.11. The summed E-state index contributed by atoms with van der Waals surface area (Å²) in [6, 6.07) is 17.9. The Morgan fingerprint density at radius 1 is 0.760 bits per heavy atom. The quantitative estimate of drug-likeness (QED) is 0.742. The van der Waals surface area contributed by atoms with Gasteiger partial charge in [0.05, 0.1) is 13.2 Å². The standard InChI is InChI=1S/C22H22O3/c1-2-6-18(7-3-1)25-19-8-4-5-17(12-19)22-23-13-20-15-9-10-16(11-15)21(20)14-24-22/h1-10,12,15-16,20-22H,11,13-14H2/t15-,16+,20-,21+,22?. The first-order chi connectivity index (χ1) is 12.4. The van der Waals surface area contributed by atoms with E-state index in [4.69, 9.17) is 14.2 Å². The van der Waals surface area contributed by atoms with E-state index in [9.17, 15) is 0 Å². The van der Waals surface area contributed by atoms with Crippen LogP contribution in [0.2, 0.25) is 0 Å². The molecular formula is C22H22O3. The second-order valence-corrected chi connectivity index (χ2v) is 7.26. The van der Waals surface area contributed by atoms with Crippen molar-refractivity contribution in [3.05, 3.63) is 72.3 Å². The van der Waals surface area contributed by atoms with Crippen molar-refractivity contribution in [3.8, 4) is 11.5 Å². The number of para-hydroxylation sites is 1. The molecule has 2 aliphatic carbocycles. The number of ether oxygens (including phenoxy) is 3. The Labute approximate surface area is 148 Å². The predicted octanol–water partition coefficient (Wildman–Crippen LogP) is 4.96. The third-order valence-electron chi connectivity index (χ3n) is 5.79. The van der Waals surface area contributed by atoms with Crippen molar-refractivity contribution < 1.29 is 14.2 Å². The molecule has 0 aromatic heterocycles. The predicted molar refractivity (Wildman–Crippen MR) is 95.3 cm³/mol. The van der Waals surface area contributed by atoms with E-state index in [2.05, 4.69) is 18.2 Å². The Hall–Kier alpha value is -2.10. The fraction of sp³-hybridized carbons (Fsp3) is 0.364. The lowest BCUT2D eigenvalue weighted by Gasteiger charge is -2.23. The maximum Gasteiger partial charge on any atom is 0.183 e. The number of benzene rings is 2. The number of allylic oxidation sites excluding steroid dienone is 2. The van der Waals surface area contributed by atoms with Gasteiger partial charge in [-0.15, -0.1) is 0 Å². The minimum Gasteiger partial charge on any atom is -0.457 e. The highest BCUT2D eigenvalue weighted by Crippen LogP contribution is 2.50. The molecule has 128 valence electrons. The molecule has 3 aliphatic rings. The highest BCUT2D eigenvalue weighted by molar-refractivity contribution is 5.34. The Morgan fingerprint density at radius 2 is 1.44 bits per heavy atom. The van der Waals surface area contributed by atoms with Gasteiger partial charge < -0.3 is 14.2 Å². The lowest BCUT2D eigenvalue weighted by Crippen LogP contribution is -2.24. The molecule has 2 fully saturated rings. The van der Waals surface area contributed by atoms with Crippen LogP contribution < -0.4 is 4.74 Å². The topological polar surface area (TPSA) is 27.7 Å². The van der Waals surface area contributed by atoms with Gasteiger partial charge in [-0.05, 0) is 54.4 Å². The third-order valence-corrected chi connectivity index (χ3v) is 5.79. The van der Waals surface area contributed by atoms with Crippen molar-refractivity contribution in [3.63, 3.8) is 0 Å². The maximum atomic E-state index is 6.15. The van der Waals surface area contributed by atoms with E-state index in [0.717, 1.165) is 30.3 Å². The van der Waals surface area contributed by atoms with E-state index in [-0.39, 0.29) is 6.29 Å². The summed E-state index contributed by atoms with van der Waals surface area (Å²) in [5, 5.41) is 0. The third kappa shape index (κ3) is 2.88. The summed E-state index contributed by atoms with van der Waals surface area (Å²) in [6.45, 7) is 1.56. The molecule has 1 saturated carbocycles. The summed E-state index contributed by atoms with van der Waals surface area (Å²) in [7, 11) is 0. The van der Waals surface area contributed by atoms with Crippen LogP contribution in [0.1, 0.15) is 18.3 Å². The summed E-state index contributed by atoms with van der Waals surface area (Å²) in [5.41, 5.74) is 1.02. The number of rotatable bonds is 3. The molecule has 2 aromatic carbocycles. The van der Waals surface area contributed by atoms with Gasteiger partial charge in [0.1, 0.15) is 11.5 Å². The Balaban J connectivity index is 1.31. The van der Waals surface area contributed by atoms with E-state index in [1.807, 2.05) is 48.5 Å². The van der Waals surface area contributed by atoms with Crippen molar-refractivity contribution in [2.75, 3.05) is 13.2 Å². The smallest absolute Gasteiger partial charge is 0.183 e. The molecule has 0 radical (unpaired) electrons. The fourth-order valence-electron chi connectivity index (χ4n) is 4.51. The zero-order valence-corrected chi connectivity index (χ0v) is 14.1. The summed E-state index contributed by atoms with van der Waals surface area (Å²) in [5.74, 6) is 4.24. The minimum absolute atomic E-state index is 0.302. The number of hydrogen-bond donors (Lipinski definition) is 0. The molecule has 1 saturated heterocycles. The van der Waals surface area contributed by atoms with E-state index in [0.29, 0.717) is 23.7 Å². The van der Waals surface area contributed by atoms with Crippen LogP contribution in [0.3, 0.4) is 0 Å².